The second-order valence-corrected chi connectivity index (χ2v) is 9.57. The van der Waals surface area contributed by atoms with E-state index in [1.807, 2.05) is 42.2 Å². The van der Waals surface area contributed by atoms with Gasteiger partial charge in [-0.2, -0.15) is 4.57 Å². The molecule has 5 heterocycles. The number of nitrogens with two attached hydrogens (primary N) is 1. The minimum atomic E-state index is -0.470. The van der Waals surface area contributed by atoms with Gasteiger partial charge in [0.25, 0.3) is 6.73 Å². The number of amidine groups is 1. The first kappa shape index (κ1) is 19.8. The predicted molar refractivity (Wildman–Crippen MR) is 118 cm³/mol. The summed E-state index contributed by atoms with van der Waals surface area (Å²) in [5.41, 5.74) is 7.71. The van der Waals surface area contributed by atoms with Crippen molar-refractivity contribution in [2.45, 2.75) is 25.1 Å². The fourth-order valence-corrected chi connectivity index (χ4v) is 5.72. The van der Waals surface area contributed by atoms with Crippen LogP contribution in [0.5, 0.6) is 0 Å². The van der Waals surface area contributed by atoms with Crippen LogP contribution in [0.15, 0.2) is 53.9 Å². The van der Waals surface area contributed by atoms with E-state index in [0.717, 1.165) is 21.3 Å². The number of carbonyl (C=O) groups excluding carboxylic acids is 2. The highest BCUT2D eigenvalue weighted by molar-refractivity contribution is 8.00. The number of pyridine rings is 1. The quantitative estimate of drug-likeness (QED) is 0.195. The number of nitrogens with zero attached hydrogens (tertiary/aromatic N) is 3. The average molecular weight is 455 g/mol. The highest BCUT2D eigenvalue weighted by Gasteiger charge is 2.43. The van der Waals surface area contributed by atoms with Crippen LogP contribution < -0.4 is 10.3 Å². The van der Waals surface area contributed by atoms with E-state index in [1.165, 1.54) is 4.90 Å². The molecule has 2 aliphatic rings. The fraction of sp³-hybridized carbons (Fsp3) is 0.238. The number of hydrogen-bond donors (Lipinski definition) is 2. The zero-order chi connectivity index (χ0) is 21.5. The molecule has 3 N–H and O–H groups in total. The monoisotopic (exact) mass is 454 g/mol. The summed E-state index contributed by atoms with van der Waals surface area (Å²) in [4.78, 5) is 27.0. The number of rotatable bonds is 6. The molecule has 31 heavy (non-hydrogen) atoms. The summed E-state index contributed by atoms with van der Waals surface area (Å²) in [5.74, 6) is 0.288. The van der Waals surface area contributed by atoms with E-state index in [0.29, 0.717) is 24.4 Å². The van der Waals surface area contributed by atoms with E-state index in [-0.39, 0.29) is 23.8 Å². The number of thiophene rings is 1. The summed E-state index contributed by atoms with van der Waals surface area (Å²) < 4.78 is 9.39. The lowest BCUT2D eigenvalue weighted by molar-refractivity contribution is -0.726. The Morgan fingerprint density at radius 3 is 3.03 bits per heavy atom. The van der Waals surface area contributed by atoms with Gasteiger partial charge in [0, 0.05) is 33.8 Å². The molecule has 0 bridgehead atoms. The summed E-state index contributed by atoms with van der Waals surface area (Å²) in [7, 11) is 0. The highest BCUT2D eigenvalue weighted by Crippen LogP contribution is 2.37. The lowest BCUT2D eigenvalue weighted by Gasteiger charge is -2.42. The SMILES string of the molecule is N=C(N)c1csc(Cn2ccc3c[n+](COC(=O)C4=CCSC5CC(=O)N45)ccc32)c1. The van der Waals surface area contributed by atoms with Gasteiger partial charge in [-0.15, -0.1) is 23.1 Å². The number of hydrogen-bond acceptors (Lipinski definition) is 6. The van der Waals surface area contributed by atoms with Crippen LogP contribution in [0.3, 0.4) is 0 Å². The Morgan fingerprint density at radius 1 is 1.39 bits per heavy atom. The van der Waals surface area contributed by atoms with Crippen LogP contribution in [0.1, 0.15) is 16.9 Å². The molecule has 0 spiro atoms. The molecule has 2 aliphatic heterocycles. The molecule has 3 aromatic heterocycles. The van der Waals surface area contributed by atoms with E-state index in [4.69, 9.17) is 15.9 Å². The van der Waals surface area contributed by atoms with Gasteiger partial charge in [-0.25, -0.2) is 4.79 Å². The van der Waals surface area contributed by atoms with Crippen molar-refractivity contribution >= 4 is 51.7 Å². The van der Waals surface area contributed by atoms with Crippen molar-refractivity contribution in [1.29, 1.82) is 5.41 Å². The van der Waals surface area contributed by atoms with Crippen molar-refractivity contribution in [2.24, 2.45) is 5.73 Å². The number of carbonyl (C=O) groups is 2. The Morgan fingerprint density at radius 2 is 2.26 bits per heavy atom. The summed E-state index contributed by atoms with van der Waals surface area (Å²) in [5, 5.41) is 10.5. The van der Waals surface area contributed by atoms with Gasteiger partial charge in [0.1, 0.15) is 11.5 Å². The number of nitrogens with one attached hydrogen (secondary N) is 1. The normalized spacial score (nSPS) is 17.8. The maximum Gasteiger partial charge on any atom is 0.359 e. The maximum atomic E-state index is 12.5. The topological polar surface area (TPSA) is 105 Å². The number of nitrogen functional groups attached to an aromatic ring is 1. The average Bonchev–Trinajstić information content (AvgIpc) is 3.38. The van der Waals surface area contributed by atoms with Gasteiger partial charge < -0.3 is 15.0 Å². The number of aromatic nitrogens is 2. The molecule has 8 nitrogen and oxygen atoms in total. The standard InChI is InChI=1S/C21H20N5O3S2/c22-20(23)14-7-15(31-11-14)10-25-5-1-13-9-24(4-2-16(13)25)12-29-21(28)17-3-6-30-19-8-18(27)26(17)19/h1-5,7,9,11,19H,6,8,10,12H2,(H3,22,23)/q+1. The van der Waals surface area contributed by atoms with E-state index in [9.17, 15) is 9.59 Å². The third-order valence-corrected chi connectivity index (χ3v) is 7.39. The van der Waals surface area contributed by atoms with Crippen LogP contribution in [0.25, 0.3) is 10.9 Å². The van der Waals surface area contributed by atoms with Crippen LogP contribution >= 0.6 is 23.1 Å². The number of ether oxygens (including phenoxy) is 1. The first-order chi connectivity index (χ1) is 15.0. The number of esters is 1. The molecular weight excluding hydrogens is 434 g/mol. The first-order valence-corrected chi connectivity index (χ1v) is 11.6. The van der Waals surface area contributed by atoms with Crippen LogP contribution in [0, 0.1) is 5.41 Å². The minimum absolute atomic E-state index is 0.0306. The molecule has 1 atom stereocenters. The molecule has 0 saturated carbocycles. The molecule has 1 fully saturated rings. The largest absolute Gasteiger partial charge is 0.400 e. The third-order valence-electron chi connectivity index (χ3n) is 5.34. The first-order valence-electron chi connectivity index (χ1n) is 9.70. The summed E-state index contributed by atoms with van der Waals surface area (Å²) in [6.45, 7) is 0.766. The highest BCUT2D eigenvalue weighted by atomic mass is 32.2. The molecule has 3 aromatic rings. The molecular formula is C21H20N5O3S2+. The molecule has 5 rings (SSSR count). The zero-order valence-electron chi connectivity index (χ0n) is 16.5. The molecule has 0 radical (unpaired) electrons. The molecule has 1 saturated heterocycles. The van der Waals surface area contributed by atoms with E-state index < -0.39 is 5.97 Å². The van der Waals surface area contributed by atoms with Crippen molar-refractivity contribution in [1.82, 2.24) is 9.47 Å². The summed E-state index contributed by atoms with van der Waals surface area (Å²) in [6.07, 6.45) is 8.05. The van der Waals surface area contributed by atoms with Gasteiger partial charge in [0.15, 0.2) is 12.4 Å². The maximum absolute atomic E-state index is 12.5. The van der Waals surface area contributed by atoms with Crippen molar-refractivity contribution in [2.75, 3.05) is 5.75 Å². The molecule has 0 aromatic carbocycles. The van der Waals surface area contributed by atoms with E-state index >= 15 is 0 Å². The van der Waals surface area contributed by atoms with Gasteiger partial charge in [-0.3, -0.25) is 15.1 Å². The Balaban J connectivity index is 1.26. The van der Waals surface area contributed by atoms with E-state index in [1.54, 1.807) is 33.7 Å². The van der Waals surface area contributed by atoms with Gasteiger partial charge in [-0.1, -0.05) is 0 Å². The molecule has 1 unspecified atom stereocenters. The van der Waals surface area contributed by atoms with Crippen molar-refractivity contribution in [3.05, 3.63) is 64.4 Å². The van der Waals surface area contributed by atoms with Crippen molar-refractivity contribution in [3.8, 4) is 0 Å². The summed E-state index contributed by atoms with van der Waals surface area (Å²) >= 11 is 3.24. The van der Waals surface area contributed by atoms with Gasteiger partial charge in [-0.05, 0) is 18.2 Å². The van der Waals surface area contributed by atoms with Crippen LogP contribution in [-0.4, -0.2) is 38.3 Å². The predicted octanol–water partition coefficient (Wildman–Crippen LogP) is 2.01. The van der Waals surface area contributed by atoms with Crippen LogP contribution in [0.4, 0.5) is 0 Å². The Kier molecular flexibility index (Phi) is 5.03. The third kappa shape index (κ3) is 3.72. The molecule has 1 amide bonds. The Hall–Kier alpha value is -3.11. The Bertz CT molecular complexity index is 1240. The van der Waals surface area contributed by atoms with Crippen molar-refractivity contribution < 1.29 is 18.9 Å². The lowest BCUT2D eigenvalue weighted by Crippen LogP contribution is -2.53. The Labute approximate surface area is 186 Å². The molecule has 10 heteroatoms. The van der Waals surface area contributed by atoms with E-state index in [2.05, 4.69) is 4.57 Å². The van der Waals surface area contributed by atoms with Gasteiger partial charge >= 0.3 is 5.97 Å². The van der Waals surface area contributed by atoms with Crippen LogP contribution in [-0.2, 0) is 27.6 Å². The van der Waals surface area contributed by atoms with Gasteiger partial charge in [0.2, 0.25) is 5.91 Å². The number of β-lactam (4-membered cyclic amide) rings is 1. The number of amides is 1. The number of fused-ring (bicyclic) bond motifs is 2. The van der Waals surface area contributed by atoms with Crippen molar-refractivity contribution in [3.63, 3.8) is 0 Å². The lowest BCUT2D eigenvalue weighted by atomic mass is 10.1. The minimum Gasteiger partial charge on any atom is -0.400 e. The second-order valence-electron chi connectivity index (χ2n) is 7.36. The fourth-order valence-electron chi connectivity index (χ4n) is 3.72. The van der Waals surface area contributed by atoms with Crippen LogP contribution in [0.2, 0.25) is 0 Å². The second kappa shape index (κ2) is 7.86. The summed E-state index contributed by atoms with van der Waals surface area (Å²) in [6, 6.07) is 5.93. The smallest absolute Gasteiger partial charge is 0.359 e. The van der Waals surface area contributed by atoms with Gasteiger partial charge in [0.05, 0.1) is 29.2 Å². The molecule has 158 valence electrons. The molecule has 0 aliphatic carbocycles. The zero-order valence-corrected chi connectivity index (χ0v) is 18.1. The number of thioether (sulfide) groups is 1.